The standard InChI is InChI=1S/C12H15N5O2/c1-6(11-7(2)17-19-8(11)3)15-12(18)9-4-14-5-10(13)16-9/h4-6H,1-3H3,(H2,13,16)(H,15,18). The van der Waals surface area contributed by atoms with Crippen molar-refractivity contribution in [3.8, 4) is 0 Å². The molecule has 7 heteroatoms. The van der Waals surface area contributed by atoms with Gasteiger partial charge in [0.05, 0.1) is 24.1 Å². The zero-order valence-electron chi connectivity index (χ0n) is 11.0. The molecule has 0 saturated heterocycles. The highest BCUT2D eigenvalue weighted by Crippen LogP contribution is 2.21. The number of rotatable bonds is 3. The smallest absolute Gasteiger partial charge is 0.272 e. The Balaban J connectivity index is 2.15. The minimum Gasteiger partial charge on any atom is -0.382 e. The number of anilines is 1. The molecule has 3 N–H and O–H groups in total. The molecule has 0 aromatic carbocycles. The van der Waals surface area contributed by atoms with Crippen LogP contribution in [0.3, 0.4) is 0 Å². The van der Waals surface area contributed by atoms with Gasteiger partial charge in [-0.25, -0.2) is 4.98 Å². The minimum atomic E-state index is -0.340. The normalized spacial score (nSPS) is 12.2. The molecular formula is C12H15N5O2. The van der Waals surface area contributed by atoms with Crippen LogP contribution >= 0.6 is 0 Å². The molecule has 0 radical (unpaired) electrons. The van der Waals surface area contributed by atoms with E-state index in [0.29, 0.717) is 5.76 Å². The van der Waals surface area contributed by atoms with Crippen molar-refractivity contribution in [3.63, 3.8) is 0 Å². The van der Waals surface area contributed by atoms with Crippen LogP contribution in [-0.2, 0) is 0 Å². The number of hydrogen-bond acceptors (Lipinski definition) is 6. The van der Waals surface area contributed by atoms with Crippen LogP contribution in [0.1, 0.15) is 40.5 Å². The number of amides is 1. The SMILES string of the molecule is Cc1noc(C)c1C(C)NC(=O)c1cncc(N)n1. The highest BCUT2D eigenvalue weighted by molar-refractivity contribution is 5.92. The number of nitrogens with one attached hydrogen (secondary N) is 1. The van der Waals surface area contributed by atoms with Crippen molar-refractivity contribution in [1.29, 1.82) is 0 Å². The van der Waals surface area contributed by atoms with Gasteiger partial charge in [0.25, 0.3) is 5.91 Å². The average molecular weight is 261 g/mol. The van der Waals surface area contributed by atoms with Gasteiger partial charge in [-0.05, 0) is 20.8 Å². The van der Waals surface area contributed by atoms with Crippen molar-refractivity contribution in [1.82, 2.24) is 20.4 Å². The number of aryl methyl sites for hydroxylation is 2. The molecule has 0 bridgehead atoms. The first-order valence-corrected chi connectivity index (χ1v) is 5.80. The number of nitrogens with two attached hydrogens (primary N) is 1. The van der Waals surface area contributed by atoms with Gasteiger partial charge in [0, 0.05) is 5.56 Å². The van der Waals surface area contributed by atoms with Gasteiger partial charge in [-0.3, -0.25) is 9.78 Å². The molecule has 0 fully saturated rings. The van der Waals surface area contributed by atoms with Crippen molar-refractivity contribution < 1.29 is 9.32 Å². The molecule has 100 valence electrons. The van der Waals surface area contributed by atoms with Crippen LogP contribution in [0.2, 0.25) is 0 Å². The quantitative estimate of drug-likeness (QED) is 0.858. The van der Waals surface area contributed by atoms with Gasteiger partial charge >= 0.3 is 0 Å². The average Bonchev–Trinajstić information content (AvgIpc) is 2.69. The Bertz CT molecular complexity index is 588. The number of carbonyl (C=O) groups excluding carboxylic acids is 1. The van der Waals surface area contributed by atoms with Gasteiger partial charge in [0.1, 0.15) is 17.3 Å². The Morgan fingerprint density at radius 3 is 2.74 bits per heavy atom. The Hall–Kier alpha value is -2.44. The second-order valence-corrected chi connectivity index (χ2v) is 4.26. The van der Waals surface area contributed by atoms with Crippen molar-refractivity contribution in [2.75, 3.05) is 5.73 Å². The fourth-order valence-corrected chi connectivity index (χ4v) is 1.94. The first-order valence-electron chi connectivity index (χ1n) is 5.80. The topological polar surface area (TPSA) is 107 Å². The van der Waals surface area contributed by atoms with Crippen molar-refractivity contribution >= 4 is 11.7 Å². The molecule has 2 rings (SSSR count). The van der Waals surface area contributed by atoms with E-state index < -0.39 is 0 Å². The first kappa shape index (κ1) is 13.0. The Labute approximate surface area is 110 Å². The van der Waals surface area contributed by atoms with Crippen molar-refractivity contribution in [2.24, 2.45) is 0 Å². The molecule has 0 saturated carbocycles. The predicted molar refractivity (Wildman–Crippen MR) is 68.3 cm³/mol. The third-order valence-electron chi connectivity index (χ3n) is 2.76. The monoisotopic (exact) mass is 261 g/mol. The van der Waals surface area contributed by atoms with Gasteiger partial charge in [-0.1, -0.05) is 5.16 Å². The van der Waals surface area contributed by atoms with Gasteiger partial charge in [-0.2, -0.15) is 0 Å². The summed E-state index contributed by atoms with van der Waals surface area (Å²) in [7, 11) is 0. The second kappa shape index (κ2) is 5.05. The summed E-state index contributed by atoms with van der Waals surface area (Å²) in [6.45, 7) is 5.48. The highest BCUT2D eigenvalue weighted by atomic mass is 16.5. The van der Waals surface area contributed by atoms with E-state index in [4.69, 9.17) is 10.3 Å². The maximum Gasteiger partial charge on any atom is 0.272 e. The van der Waals surface area contributed by atoms with Gasteiger partial charge in [-0.15, -0.1) is 0 Å². The molecule has 7 nitrogen and oxygen atoms in total. The van der Waals surface area contributed by atoms with E-state index in [1.54, 1.807) is 6.92 Å². The number of carbonyl (C=O) groups is 1. The largest absolute Gasteiger partial charge is 0.382 e. The van der Waals surface area contributed by atoms with Crippen LogP contribution in [0.4, 0.5) is 5.82 Å². The van der Waals surface area contributed by atoms with Crippen molar-refractivity contribution in [2.45, 2.75) is 26.8 Å². The number of nitrogens with zero attached hydrogens (tertiary/aromatic N) is 3. The fraction of sp³-hybridized carbons (Fsp3) is 0.333. The third-order valence-corrected chi connectivity index (χ3v) is 2.76. The van der Waals surface area contributed by atoms with Gasteiger partial charge < -0.3 is 15.6 Å². The summed E-state index contributed by atoms with van der Waals surface area (Å²) in [5.74, 6) is 0.550. The van der Waals surface area contributed by atoms with E-state index in [1.807, 2.05) is 13.8 Å². The van der Waals surface area contributed by atoms with E-state index in [1.165, 1.54) is 12.4 Å². The Morgan fingerprint density at radius 1 is 1.42 bits per heavy atom. The molecule has 0 aliphatic rings. The van der Waals surface area contributed by atoms with Gasteiger partial charge in [0.15, 0.2) is 0 Å². The maximum absolute atomic E-state index is 12.0. The molecule has 2 aromatic rings. The second-order valence-electron chi connectivity index (χ2n) is 4.26. The Kier molecular flexibility index (Phi) is 3.46. The van der Waals surface area contributed by atoms with E-state index in [-0.39, 0.29) is 23.5 Å². The minimum absolute atomic E-state index is 0.179. The lowest BCUT2D eigenvalue weighted by molar-refractivity contribution is 0.0934. The first-order chi connectivity index (χ1) is 8.99. The van der Waals surface area contributed by atoms with E-state index in [0.717, 1.165) is 11.3 Å². The summed E-state index contributed by atoms with van der Waals surface area (Å²) < 4.78 is 5.07. The lowest BCUT2D eigenvalue weighted by Crippen LogP contribution is -2.28. The fourth-order valence-electron chi connectivity index (χ4n) is 1.94. The van der Waals surface area contributed by atoms with Crippen LogP contribution in [-0.4, -0.2) is 21.0 Å². The highest BCUT2D eigenvalue weighted by Gasteiger charge is 2.19. The zero-order valence-corrected chi connectivity index (χ0v) is 11.0. The lowest BCUT2D eigenvalue weighted by atomic mass is 10.1. The number of hydrogen-bond donors (Lipinski definition) is 2. The summed E-state index contributed by atoms with van der Waals surface area (Å²) in [5, 5.41) is 6.67. The summed E-state index contributed by atoms with van der Waals surface area (Å²) in [4.78, 5) is 19.8. The zero-order chi connectivity index (χ0) is 14.0. The van der Waals surface area contributed by atoms with E-state index in [9.17, 15) is 4.79 Å². The summed E-state index contributed by atoms with van der Waals surface area (Å²) in [6, 6.07) is -0.234. The van der Waals surface area contributed by atoms with E-state index >= 15 is 0 Å². The number of aromatic nitrogens is 3. The van der Waals surface area contributed by atoms with Crippen LogP contribution < -0.4 is 11.1 Å². The third kappa shape index (κ3) is 2.70. The molecule has 0 aliphatic heterocycles. The van der Waals surface area contributed by atoms with Crippen molar-refractivity contribution in [3.05, 3.63) is 35.1 Å². The molecule has 1 amide bonds. The summed E-state index contributed by atoms with van der Waals surface area (Å²) in [5.41, 5.74) is 7.29. The lowest BCUT2D eigenvalue weighted by Gasteiger charge is -2.13. The summed E-state index contributed by atoms with van der Waals surface area (Å²) >= 11 is 0. The molecule has 1 unspecified atom stereocenters. The molecule has 19 heavy (non-hydrogen) atoms. The van der Waals surface area contributed by atoms with E-state index in [2.05, 4.69) is 20.4 Å². The molecule has 0 spiro atoms. The van der Waals surface area contributed by atoms with Crippen LogP contribution in [0.25, 0.3) is 0 Å². The molecule has 0 aliphatic carbocycles. The number of nitrogen functional groups attached to an aromatic ring is 1. The van der Waals surface area contributed by atoms with Crippen LogP contribution in [0.5, 0.6) is 0 Å². The Morgan fingerprint density at radius 2 is 2.16 bits per heavy atom. The molecule has 2 aromatic heterocycles. The van der Waals surface area contributed by atoms with Gasteiger partial charge in [0.2, 0.25) is 0 Å². The molecule has 2 heterocycles. The van der Waals surface area contributed by atoms with Crippen LogP contribution in [0.15, 0.2) is 16.9 Å². The molecular weight excluding hydrogens is 246 g/mol. The van der Waals surface area contributed by atoms with Crippen LogP contribution in [0, 0.1) is 13.8 Å². The maximum atomic E-state index is 12.0. The predicted octanol–water partition coefficient (Wildman–Crippen LogP) is 1.15. The summed E-state index contributed by atoms with van der Waals surface area (Å²) in [6.07, 6.45) is 2.75. The molecule has 1 atom stereocenters.